The highest BCUT2D eigenvalue weighted by atomic mass is 32.2. The van der Waals surface area contributed by atoms with Gasteiger partial charge >= 0.3 is 5.97 Å². The number of nitrogens with zero attached hydrogens (tertiary/aromatic N) is 1. The van der Waals surface area contributed by atoms with Gasteiger partial charge in [0.15, 0.2) is 0 Å². The van der Waals surface area contributed by atoms with E-state index in [4.69, 9.17) is 0 Å². The number of aryl methyl sites for hydroxylation is 1. The van der Waals surface area contributed by atoms with Crippen molar-refractivity contribution in [3.05, 3.63) is 35.9 Å². The molecule has 0 spiro atoms. The predicted octanol–water partition coefficient (Wildman–Crippen LogP) is 4.46. The number of amides is 1. The topological polar surface area (TPSA) is 66.8 Å². The fraction of sp³-hybridized carbons (Fsp3) is 0.680. The summed E-state index contributed by atoms with van der Waals surface area (Å²) in [6.45, 7) is 2.90. The van der Waals surface area contributed by atoms with Crippen molar-refractivity contribution in [1.29, 1.82) is 0 Å². The van der Waals surface area contributed by atoms with Crippen molar-refractivity contribution in [2.45, 2.75) is 76.9 Å². The van der Waals surface area contributed by atoms with Gasteiger partial charge in [-0.1, -0.05) is 37.3 Å². The molecule has 1 fully saturated rings. The number of aliphatic hydroxyl groups is 1. The zero-order chi connectivity index (χ0) is 22.5. The van der Waals surface area contributed by atoms with E-state index in [1.807, 2.05) is 11.0 Å². The van der Waals surface area contributed by atoms with E-state index in [0.717, 1.165) is 63.0 Å². The minimum Gasteiger partial charge on any atom is -0.469 e. The van der Waals surface area contributed by atoms with E-state index in [1.165, 1.54) is 12.7 Å². The molecular formula is C25H39NO4S. The first-order chi connectivity index (χ1) is 15.0. The highest BCUT2D eigenvalue weighted by Crippen LogP contribution is 2.26. The Hall–Kier alpha value is -1.53. The van der Waals surface area contributed by atoms with E-state index in [-0.39, 0.29) is 29.9 Å². The van der Waals surface area contributed by atoms with Crippen molar-refractivity contribution in [2.24, 2.45) is 5.92 Å². The predicted molar refractivity (Wildman–Crippen MR) is 127 cm³/mol. The molecule has 6 heteroatoms. The van der Waals surface area contributed by atoms with Gasteiger partial charge in [0.2, 0.25) is 5.91 Å². The van der Waals surface area contributed by atoms with Crippen LogP contribution < -0.4 is 0 Å². The number of ether oxygens (including phenoxy) is 1. The average molecular weight is 450 g/mol. The third-order valence-electron chi connectivity index (χ3n) is 6.25. The van der Waals surface area contributed by atoms with Crippen LogP contribution in [0.4, 0.5) is 0 Å². The lowest BCUT2D eigenvalue weighted by Crippen LogP contribution is -2.35. The van der Waals surface area contributed by atoms with Crippen LogP contribution in [0.1, 0.15) is 63.9 Å². The van der Waals surface area contributed by atoms with E-state index >= 15 is 0 Å². The molecule has 1 N–H and O–H groups in total. The summed E-state index contributed by atoms with van der Waals surface area (Å²) in [5.41, 5.74) is 1.35. The number of rotatable bonds is 15. The number of thioether (sulfide) groups is 1. The number of aliphatic hydroxyl groups excluding tert-OH is 1. The van der Waals surface area contributed by atoms with Gasteiger partial charge < -0.3 is 14.7 Å². The maximum absolute atomic E-state index is 12.3. The zero-order valence-electron chi connectivity index (χ0n) is 19.1. The van der Waals surface area contributed by atoms with Gasteiger partial charge in [-0.2, -0.15) is 11.8 Å². The van der Waals surface area contributed by atoms with Gasteiger partial charge in [-0.05, 0) is 62.2 Å². The second kappa shape index (κ2) is 14.5. The summed E-state index contributed by atoms with van der Waals surface area (Å²) >= 11 is 1.78. The second-order valence-corrected chi connectivity index (χ2v) is 9.80. The molecule has 1 aliphatic heterocycles. The molecule has 0 bridgehead atoms. The van der Waals surface area contributed by atoms with Gasteiger partial charge in [0, 0.05) is 31.2 Å². The third-order valence-corrected chi connectivity index (χ3v) is 7.30. The Balaban J connectivity index is 1.62. The minimum absolute atomic E-state index is 0.164. The van der Waals surface area contributed by atoms with Crippen molar-refractivity contribution in [3.63, 3.8) is 0 Å². The van der Waals surface area contributed by atoms with Crippen LogP contribution in [-0.4, -0.2) is 59.2 Å². The van der Waals surface area contributed by atoms with E-state index in [2.05, 4.69) is 35.9 Å². The van der Waals surface area contributed by atoms with Gasteiger partial charge in [0.25, 0.3) is 0 Å². The number of hydrogen-bond acceptors (Lipinski definition) is 5. The molecule has 1 heterocycles. The minimum atomic E-state index is -0.305. The third kappa shape index (κ3) is 9.65. The lowest BCUT2D eigenvalue weighted by Gasteiger charge is -2.27. The van der Waals surface area contributed by atoms with Crippen LogP contribution in [0, 0.1) is 5.92 Å². The Kier molecular flexibility index (Phi) is 12.0. The van der Waals surface area contributed by atoms with Crippen LogP contribution in [0.2, 0.25) is 0 Å². The van der Waals surface area contributed by atoms with E-state index in [0.29, 0.717) is 12.8 Å². The summed E-state index contributed by atoms with van der Waals surface area (Å²) in [7, 11) is 1.41. The van der Waals surface area contributed by atoms with Crippen LogP contribution in [0.15, 0.2) is 30.3 Å². The second-order valence-electron chi connectivity index (χ2n) is 8.57. The normalized spacial score (nSPS) is 18.2. The summed E-state index contributed by atoms with van der Waals surface area (Å²) in [5, 5.41) is 10.6. The van der Waals surface area contributed by atoms with Crippen molar-refractivity contribution in [3.8, 4) is 0 Å². The Morgan fingerprint density at radius 1 is 1.23 bits per heavy atom. The maximum Gasteiger partial charge on any atom is 0.305 e. The van der Waals surface area contributed by atoms with Gasteiger partial charge in [-0.25, -0.2) is 0 Å². The molecule has 31 heavy (non-hydrogen) atoms. The average Bonchev–Trinajstić information content (AvgIpc) is 3.14. The van der Waals surface area contributed by atoms with E-state index < -0.39 is 0 Å². The Labute approximate surface area is 191 Å². The number of carbonyl (C=O) groups is 2. The molecular weight excluding hydrogens is 410 g/mol. The molecule has 3 atom stereocenters. The van der Waals surface area contributed by atoms with Crippen molar-refractivity contribution >= 4 is 23.6 Å². The van der Waals surface area contributed by atoms with E-state index in [1.54, 1.807) is 11.8 Å². The molecule has 1 aromatic carbocycles. The molecule has 2 rings (SSSR count). The summed E-state index contributed by atoms with van der Waals surface area (Å²) in [5.74, 6) is 2.15. The zero-order valence-corrected chi connectivity index (χ0v) is 19.9. The largest absolute Gasteiger partial charge is 0.469 e. The first kappa shape index (κ1) is 25.7. The maximum atomic E-state index is 12.3. The van der Waals surface area contributed by atoms with Crippen LogP contribution in [0.25, 0.3) is 0 Å². The summed E-state index contributed by atoms with van der Waals surface area (Å²) in [6, 6.07) is 10.8. The molecule has 1 aliphatic rings. The Morgan fingerprint density at radius 3 is 2.74 bits per heavy atom. The smallest absolute Gasteiger partial charge is 0.305 e. The standard InChI is InChI=1S/C25H39NO4S/c1-20(8-6-11-21-9-4-3-5-10-21)23(27)15-13-22-14-16-24(28)26(22)17-19-31-18-7-12-25(29)30-2/h3-5,9-10,20,22-23,27H,6-8,11-19H2,1-2H3/t20-,22?,23+/m0/s1. The van der Waals surface area contributed by atoms with Crippen LogP contribution in [-0.2, 0) is 20.7 Å². The van der Waals surface area contributed by atoms with E-state index in [9.17, 15) is 14.7 Å². The fourth-order valence-electron chi connectivity index (χ4n) is 4.20. The van der Waals surface area contributed by atoms with Crippen LogP contribution in [0.5, 0.6) is 0 Å². The monoisotopic (exact) mass is 449 g/mol. The SMILES string of the molecule is COC(=O)CCCSCCN1C(=O)CCC1CC[C@@H](O)[C@@H](C)CCCc1ccccc1. The van der Waals surface area contributed by atoms with Gasteiger partial charge in [-0.15, -0.1) is 0 Å². The highest BCUT2D eigenvalue weighted by Gasteiger charge is 2.31. The number of benzene rings is 1. The summed E-state index contributed by atoms with van der Waals surface area (Å²) in [6.07, 6.45) is 7.28. The molecule has 0 saturated carbocycles. The number of esters is 1. The fourth-order valence-corrected chi connectivity index (χ4v) is 5.08. The number of carbonyl (C=O) groups excluding carboxylic acids is 2. The highest BCUT2D eigenvalue weighted by molar-refractivity contribution is 7.99. The number of likely N-dealkylation sites (tertiary alicyclic amines) is 1. The Bertz CT molecular complexity index is 654. The van der Waals surface area contributed by atoms with Crippen molar-refractivity contribution < 1.29 is 19.4 Å². The number of methoxy groups -OCH3 is 1. The lowest BCUT2D eigenvalue weighted by atomic mass is 9.92. The van der Waals surface area contributed by atoms with Gasteiger partial charge in [-0.3, -0.25) is 9.59 Å². The molecule has 1 unspecified atom stereocenters. The van der Waals surface area contributed by atoms with Crippen molar-refractivity contribution in [2.75, 3.05) is 25.2 Å². The van der Waals surface area contributed by atoms with Crippen LogP contribution in [0.3, 0.4) is 0 Å². The molecule has 1 aromatic rings. The first-order valence-corrected chi connectivity index (χ1v) is 12.8. The molecule has 1 amide bonds. The Morgan fingerprint density at radius 2 is 2.00 bits per heavy atom. The molecule has 1 saturated heterocycles. The molecule has 0 radical (unpaired) electrons. The quantitative estimate of drug-likeness (QED) is 0.316. The van der Waals surface area contributed by atoms with Gasteiger partial charge in [0.05, 0.1) is 13.2 Å². The first-order valence-electron chi connectivity index (χ1n) is 11.7. The molecule has 0 aliphatic carbocycles. The summed E-state index contributed by atoms with van der Waals surface area (Å²) < 4.78 is 4.65. The van der Waals surface area contributed by atoms with Crippen LogP contribution >= 0.6 is 11.8 Å². The molecule has 5 nitrogen and oxygen atoms in total. The number of hydrogen-bond donors (Lipinski definition) is 1. The lowest BCUT2D eigenvalue weighted by molar-refractivity contribution is -0.140. The summed E-state index contributed by atoms with van der Waals surface area (Å²) in [4.78, 5) is 25.4. The van der Waals surface area contributed by atoms with Crippen molar-refractivity contribution in [1.82, 2.24) is 4.90 Å². The van der Waals surface area contributed by atoms with Gasteiger partial charge in [0.1, 0.15) is 0 Å². The molecule has 0 aromatic heterocycles. The molecule has 174 valence electrons.